The quantitative estimate of drug-likeness (QED) is 0.499. The molecule has 0 aliphatic carbocycles. The topological polar surface area (TPSA) is 71.3 Å². The van der Waals surface area contributed by atoms with Crippen molar-refractivity contribution in [1.29, 1.82) is 5.26 Å². The molecular formula is C23H20N2O3. The molecule has 0 heterocycles. The van der Waals surface area contributed by atoms with Gasteiger partial charge in [0.2, 0.25) is 0 Å². The first-order valence-electron chi connectivity index (χ1n) is 8.88. The third kappa shape index (κ3) is 3.97. The summed E-state index contributed by atoms with van der Waals surface area (Å²) in [5.74, 6) is 0.636. The number of hydrogen-bond donors (Lipinski definition) is 1. The monoisotopic (exact) mass is 372 g/mol. The van der Waals surface area contributed by atoms with Crippen molar-refractivity contribution < 1.29 is 14.3 Å². The van der Waals surface area contributed by atoms with Crippen molar-refractivity contribution in [2.45, 2.75) is 6.92 Å². The second-order valence-corrected chi connectivity index (χ2v) is 5.96. The van der Waals surface area contributed by atoms with Crippen molar-refractivity contribution >= 4 is 28.4 Å². The van der Waals surface area contributed by atoms with E-state index < -0.39 is 5.91 Å². The fourth-order valence-electron chi connectivity index (χ4n) is 2.94. The summed E-state index contributed by atoms with van der Waals surface area (Å²) in [7, 11) is 1.56. The number of nitriles is 1. The number of carbonyl (C=O) groups is 1. The summed E-state index contributed by atoms with van der Waals surface area (Å²) in [6.45, 7) is 2.34. The minimum Gasteiger partial charge on any atom is -0.496 e. The molecule has 0 bridgehead atoms. The van der Waals surface area contributed by atoms with Crippen LogP contribution in [0.5, 0.6) is 11.5 Å². The van der Waals surface area contributed by atoms with Crippen LogP contribution in [0.4, 0.5) is 5.69 Å². The molecule has 0 aromatic heterocycles. The standard InChI is InChI=1S/C23H20N2O3/c1-3-28-22-11-7-6-10-20(22)25-23(26)17(15-24)14-19-18-9-5-4-8-16(18)12-13-21(19)27-2/h4-14H,3H2,1-2H3,(H,25,26)/b17-14+. The Bertz CT molecular complexity index is 1080. The van der Waals surface area contributed by atoms with Crippen molar-refractivity contribution in [3.05, 3.63) is 71.8 Å². The Morgan fingerprint density at radius 3 is 2.57 bits per heavy atom. The van der Waals surface area contributed by atoms with Crippen LogP contribution in [-0.2, 0) is 4.79 Å². The Kier molecular flexibility index (Phi) is 5.93. The van der Waals surface area contributed by atoms with Gasteiger partial charge in [0.05, 0.1) is 19.4 Å². The van der Waals surface area contributed by atoms with Crippen molar-refractivity contribution in [2.24, 2.45) is 0 Å². The molecule has 0 spiro atoms. The highest BCUT2D eigenvalue weighted by atomic mass is 16.5. The van der Waals surface area contributed by atoms with Gasteiger partial charge in [-0.3, -0.25) is 4.79 Å². The van der Waals surface area contributed by atoms with E-state index in [1.807, 2.05) is 55.5 Å². The molecule has 0 saturated heterocycles. The molecule has 0 atom stereocenters. The molecule has 0 radical (unpaired) electrons. The molecule has 0 aliphatic rings. The van der Waals surface area contributed by atoms with E-state index in [0.717, 1.165) is 10.8 Å². The van der Waals surface area contributed by atoms with Crippen molar-refractivity contribution in [1.82, 2.24) is 0 Å². The van der Waals surface area contributed by atoms with Crippen LogP contribution in [-0.4, -0.2) is 19.6 Å². The Labute approximate surface area is 163 Å². The summed E-state index contributed by atoms with van der Waals surface area (Å²) in [6.07, 6.45) is 1.56. The summed E-state index contributed by atoms with van der Waals surface area (Å²) in [5, 5.41) is 14.2. The van der Waals surface area contributed by atoms with Gasteiger partial charge in [-0.15, -0.1) is 0 Å². The number of nitrogens with one attached hydrogen (secondary N) is 1. The molecule has 5 nitrogen and oxygen atoms in total. The van der Waals surface area contributed by atoms with Crippen LogP contribution in [0.25, 0.3) is 16.8 Å². The molecule has 3 aromatic rings. The zero-order valence-corrected chi connectivity index (χ0v) is 15.7. The highest BCUT2D eigenvalue weighted by Gasteiger charge is 2.15. The summed E-state index contributed by atoms with van der Waals surface area (Å²) >= 11 is 0. The average molecular weight is 372 g/mol. The Morgan fingerprint density at radius 2 is 1.82 bits per heavy atom. The van der Waals surface area contributed by atoms with Crippen LogP contribution >= 0.6 is 0 Å². The predicted molar refractivity (Wildman–Crippen MR) is 110 cm³/mol. The number of amides is 1. The van der Waals surface area contributed by atoms with Gasteiger partial charge < -0.3 is 14.8 Å². The molecule has 1 amide bonds. The third-order valence-corrected chi connectivity index (χ3v) is 4.24. The lowest BCUT2D eigenvalue weighted by molar-refractivity contribution is -0.112. The predicted octanol–water partition coefficient (Wildman–Crippen LogP) is 4.79. The maximum atomic E-state index is 12.7. The second kappa shape index (κ2) is 8.74. The second-order valence-electron chi connectivity index (χ2n) is 5.96. The van der Waals surface area contributed by atoms with E-state index in [2.05, 4.69) is 5.32 Å². The fourth-order valence-corrected chi connectivity index (χ4v) is 2.94. The number of benzene rings is 3. The molecule has 0 saturated carbocycles. The summed E-state index contributed by atoms with van der Waals surface area (Å²) in [6, 6.07) is 20.6. The third-order valence-electron chi connectivity index (χ3n) is 4.24. The molecule has 0 aliphatic heterocycles. The number of carbonyl (C=O) groups excluding carboxylic acids is 1. The lowest BCUT2D eigenvalue weighted by atomic mass is 10.0. The zero-order valence-electron chi connectivity index (χ0n) is 15.7. The largest absolute Gasteiger partial charge is 0.496 e. The molecule has 3 rings (SSSR count). The van der Waals surface area contributed by atoms with Gasteiger partial charge in [0.1, 0.15) is 23.1 Å². The molecular weight excluding hydrogens is 352 g/mol. The normalized spacial score (nSPS) is 11.0. The average Bonchev–Trinajstić information content (AvgIpc) is 2.73. The lowest BCUT2D eigenvalue weighted by Gasteiger charge is -2.12. The van der Waals surface area contributed by atoms with Gasteiger partial charge in [-0.05, 0) is 42.0 Å². The van der Waals surface area contributed by atoms with E-state index >= 15 is 0 Å². The smallest absolute Gasteiger partial charge is 0.266 e. The number of ether oxygens (including phenoxy) is 2. The molecule has 5 heteroatoms. The first kappa shape index (κ1) is 19.0. The molecule has 28 heavy (non-hydrogen) atoms. The van der Waals surface area contributed by atoms with Gasteiger partial charge in [0.25, 0.3) is 5.91 Å². The Morgan fingerprint density at radius 1 is 1.07 bits per heavy atom. The number of fused-ring (bicyclic) bond motifs is 1. The first-order chi connectivity index (χ1) is 13.7. The van der Waals surface area contributed by atoms with E-state index in [4.69, 9.17) is 9.47 Å². The SMILES string of the molecule is CCOc1ccccc1NC(=O)/C(C#N)=C/c1c(OC)ccc2ccccc12. The number of anilines is 1. The number of para-hydroxylation sites is 2. The molecule has 0 fully saturated rings. The van der Waals surface area contributed by atoms with Crippen molar-refractivity contribution in [3.8, 4) is 17.6 Å². The maximum absolute atomic E-state index is 12.7. The van der Waals surface area contributed by atoms with Crippen molar-refractivity contribution in [3.63, 3.8) is 0 Å². The van der Waals surface area contributed by atoms with E-state index in [-0.39, 0.29) is 5.57 Å². The van der Waals surface area contributed by atoms with E-state index in [1.165, 1.54) is 0 Å². The van der Waals surface area contributed by atoms with Crippen LogP contribution in [0, 0.1) is 11.3 Å². The van der Waals surface area contributed by atoms with Gasteiger partial charge in [-0.25, -0.2) is 0 Å². The minimum atomic E-state index is -0.510. The van der Waals surface area contributed by atoms with Gasteiger partial charge in [-0.2, -0.15) is 5.26 Å². The minimum absolute atomic E-state index is 0.0269. The summed E-state index contributed by atoms with van der Waals surface area (Å²) in [5.41, 5.74) is 1.17. The Balaban J connectivity index is 2.00. The van der Waals surface area contributed by atoms with Crippen LogP contribution in [0.3, 0.4) is 0 Å². The number of nitrogens with zero attached hydrogens (tertiary/aromatic N) is 1. The summed E-state index contributed by atoms with van der Waals surface area (Å²) < 4.78 is 11.0. The molecule has 140 valence electrons. The molecule has 3 aromatic carbocycles. The van der Waals surface area contributed by atoms with E-state index in [1.54, 1.807) is 31.4 Å². The van der Waals surface area contributed by atoms with Crippen molar-refractivity contribution in [2.75, 3.05) is 19.0 Å². The van der Waals surface area contributed by atoms with Gasteiger partial charge in [0.15, 0.2) is 0 Å². The van der Waals surface area contributed by atoms with Gasteiger partial charge in [0, 0.05) is 5.56 Å². The maximum Gasteiger partial charge on any atom is 0.266 e. The number of methoxy groups -OCH3 is 1. The molecule has 0 unspecified atom stereocenters. The number of hydrogen-bond acceptors (Lipinski definition) is 4. The zero-order chi connectivity index (χ0) is 19.9. The summed E-state index contributed by atoms with van der Waals surface area (Å²) in [4.78, 5) is 12.7. The fraction of sp³-hybridized carbons (Fsp3) is 0.130. The van der Waals surface area contributed by atoms with Crippen LogP contribution < -0.4 is 14.8 Å². The van der Waals surface area contributed by atoms with Crippen LogP contribution in [0.2, 0.25) is 0 Å². The van der Waals surface area contributed by atoms with E-state index in [0.29, 0.717) is 29.4 Å². The highest BCUT2D eigenvalue weighted by molar-refractivity contribution is 6.11. The molecule has 1 N–H and O–H groups in total. The number of rotatable bonds is 6. The first-order valence-corrected chi connectivity index (χ1v) is 8.88. The Hall–Kier alpha value is -3.78. The highest BCUT2D eigenvalue weighted by Crippen LogP contribution is 2.30. The lowest BCUT2D eigenvalue weighted by Crippen LogP contribution is -2.14. The van der Waals surface area contributed by atoms with Gasteiger partial charge >= 0.3 is 0 Å². The van der Waals surface area contributed by atoms with Crippen LogP contribution in [0.15, 0.2) is 66.2 Å². The van der Waals surface area contributed by atoms with Gasteiger partial charge in [-0.1, -0.05) is 42.5 Å². The van der Waals surface area contributed by atoms with E-state index in [9.17, 15) is 10.1 Å². The van der Waals surface area contributed by atoms with Crippen LogP contribution in [0.1, 0.15) is 12.5 Å².